The summed E-state index contributed by atoms with van der Waals surface area (Å²) in [7, 11) is 0. The van der Waals surface area contributed by atoms with E-state index in [1.807, 2.05) is 0 Å². The Kier molecular flexibility index (Phi) is 4.97. The largest absolute Gasteiger partial charge is 0.481 e. The van der Waals surface area contributed by atoms with E-state index in [0.29, 0.717) is 18.4 Å². The lowest BCUT2D eigenvalue weighted by molar-refractivity contribution is -0.146. The molecule has 0 spiro atoms. The highest BCUT2D eigenvalue weighted by atomic mass is 19.4. The van der Waals surface area contributed by atoms with Gasteiger partial charge in [-0.25, -0.2) is 0 Å². The molecule has 0 aliphatic heterocycles. The van der Waals surface area contributed by atoms with Crippen LogP contribution >= 0.6 is 0 Å². The SMILES string of the molecule is CC(Cc1cccc(C(F)(F)F)c1)C(=O)NC1CC(C(=O)O)C1. The van der Waals surface area contributed by atoms with E-state index in [-0.39, 0.29) is 18.4 Å². The van der Waals surface area contributed by atoms with Crippen molar-refractivity contribution in [3.05, 3.63) is 35.4 Å². The molecule has 1 aromatic rings. The lowest BCUT2D eigenvalue weighted by Gasteiger charge is -2.33. The van der Waals surface area contributed by atoms with Crippen molar-refractivity contribution in [3.8, 4) is 0 Å². The zero-order chi connectivity index (χ0) is 17.2. The lowest BCUT2D eigenvalue weighted by atomic mass is 9.80. The molecule has 0 bridgehead atoms. The van der Waals surface area contributed by atoms with E-state index in [9.17, 15) is 22.8 Å². The average Bonchev–Trinajstić information content (AvgIpc) is 2.40. The van der Waals surface area contributed by atoms with Gasteiger partial charge in [-0.2, -0.15) is 13.2 Å². The summed E-state index contributed by atoms with van der Waals surface area (Å²) < 4.78 is 38.0. The maximum Gasteiger partial charge on any atom is 0.416 e. The van der Waals surface area contributed by atoms with Gasteiger partial charge in [0.05, 0.1) is 11.5 Å². The van der Waals surface area contributed by atoms with Crippen LogP contribution < -0.4 is 5.32 Å². The van der Waals surface area contributed by atoms with Crippen molar-refractivity contribution in [2.24, 2.45) is 11.8 Å². The van der Waals surface area contributed by atoms with Crippen LogP contribution in [-0.2, 0) is 22.2 Å². The number of carbonyl (C=O) groups is 2. The normalized spacial score (nSPS) is 22.1. The number of rotatable bonds is 5. The zero-order valence-electron chi connectivity index (χ0n) is 12.6. The molecule has 7 heteroatoms. The number of hydrogen-bond acceptors (Lipinski definition) is 2. The number of alkyl halides is 3. The van der Waals surface area contributed by atoms with Crippen LogP contribution in [-0.4, -0.2) is 23.0 Å². The summed E-state index contributed by atoms with van der Waals surface area (Å²) in [6.45, 7) is 1.64. The molecule has 23 heavy (non-hydrogen) atoms. The first-order chi connectivity index (χ1) is 10.7. The Labute approximate surface area is 131 Å². The van der Waals surface area contributed by atoms with Gasteiger partial charge in [-0.15, -0.1) is 0 Å². The second-order valence-corrected chi connectivity index (χ2v) is 6.02. The number of aliphatic carboxylic acids is 1. The van der Waals surface area contributed by atoms with E-state index >= 15 is 0 Å². The fraction of sp³-hybridized carbons (Fsp3) is 0.500. The molecule has 1 atom stereocenters. The molecule has 1 aromatic carbocycles. The maximum absolute atomic E-state index is 12.7. The first-order valence-corrected chi connectivity index (χ1v) is 7.36. The Hall–Kier alpha value is -2.05. The molecule has 1 unspecified atom stereocenters. The molecule has 4 nitrogen and oxygen atoms in total. The minimum atomic E-state index is -4.40. The molecular weight excluding hydrogens is 311 g/mol. The number of benzene rings is 1. The van der Waals surface area contributed by atoms with Crippen LogP contribution in [0.3, 0.4) is 0 Å². The molecule has 1 amide bonds. The van der Waals surface area contributed by atoms with Crippen molar-refractivity contribution < 1.29 is 27.9 Å². The first-order valence-electron chi connectivity index (χ1n) is 7.36. The number of hydrogen-bond donors (Lipinski definition) is 2. The van der Waals surface area contributed by atoms with E-state index in [2.05, 4.69) is 5.32 Å². The van der Waals surface area contributed by atoms with Gasteiger partial charge in [0.2, 0.25) is 5.91 Å². The molecule has 0 aromatic heterocycles. The number of nitrogens with one attached hydrogen (secondary N) is 1. The lowest BCUT2D eigenvalue weighted by Crippen LogP contribution is -2.48. The van der Waals surface area contributed by atoms with Gasteiger partial charge in [0.1, 0.15) is 0 Å². The highest BCUT2D eigenvalue weighted by Crippen LogP contribution is 2.30. The standard InChI is InChI=1S/C16H18F3NO3/c1-9(14(21)20-13-7-11(8-13)15(22)23)5-10-3-2-4-12(6-10)16(17,18)19/h2-4,6,9,11,13H,5,7-8H2,1H3,(H,20,21)(H,22,23). The highest BCUT2D eigenvalue weighted by Gasteiger charge is 2.36. The zero-order valence-corrected chi connectivity index (χ0v) is 12.6. The third-order valence-electron chi connectivity index (χ3n) is 4.08. The highest BCUT2D eigenvalue weighted by molar-refractivity contribution is 5.79. The summed E-state index contributed by atoms with van der Waals surface area (Å²) in [6.07, 6.45) is -3.40. The summed E-state index contributed by atoms with van der Waals surface area (Å²) in [5, 5.41) is 11.5. The number of halogens is 3. The molecule has 1 fully saturated rings. The Morgan fingerprint density at radius 1 is 1.35 bits per heavy atom. The Balaban J connectivity index is 1.88. The fourth-order valence-electron chi connectivity index (χ4n) is 2.60. The molecule has 1 aliphatic carbocycles. The van der Waals surface area contributed by atoms with Crippen LogP contribution in [0.2, 0.25) is 0 Å². The maximum atomic E-state index is 12.7. The summed E-state index contributed by atoms with van der Waals surface area (Å²) >= 11 is 0. The molecular formula is C16H18F3NO3. The smallest absolute Gasteiger partial charge is 0.416 e. The first kappa shape index (κ1) is 17.3. The van der Waals surface area contributed by atoms with Gasteiger partial charge in [0, 0.05) is 12.0 Å². The molecule has 1 aliphatic rings. The molecule has 0 radical (unpaired) electrons. The van der Waals surface area contributed by atoms with Crippen molar-refractivity contribution in [1.82, 2.24) is 5.32 Å². The molecule has 0 heterocycles. The quantitative estimate of drug-likeness (QED) is 0.873. The van der Waals surface area contributed by atoms with Crippen molar-refractivity contribution in [2.45, 2.75) is 38.4 Å². The molecule has 0 saturated heterocycles. The average molecular weight is 329 g/mol. The third kappa shape index (κ3) is 4.46. The summed E-state index contributed by atoms with van der Waals surface area (Å²) in [5.74, 6) is -2.04. The second kappa shape index (κ2) is 6.60. The Bertz CT molecular complexity index is 594. The van der Waals surface area contributed by atoms with Gasteiger partial charge in [0.25, 0.3) is 0 Å². The van der Waals surface area contributed by atoms with Crippen LogP contribution in [0.15, 0.2) is 24.3 Å². The van der Waals surface area contributed by atoms with Gasteiger partial charge < -0.3 is 10.4 Å². The van der Waals surface area contributed by atoms with Crippen molar-refractivity contribution in [3.63, 3.8) is 0 Å². The number of carbonyl (C=O) groups excluding carboxylic acids is 1. The van der Waals surface area contributed by atoms with Gasteiger partial charge >= 0.3 is 12.1 Å². The summed E-state index contributed by atoms with van der Waals surface area (Å²) in [4.78, 5) is 22.7. The topological polar surface area (TPSA) is 66.4 Å². The molecule has 1 saturated carbocycles. The predicted octanol–water partition coefficient (Wildman–Crippen LogP) is 2.86. The summed E-state index contributed by atoms with van der Waals surface area (Å²) in [6, 6.07) is 4.77. The van der Waals surface area contributed by atoms with Crippen LogP contribution in [0, 0.1) is 11.8 Å². The van der Waals surface area contributed by atoms with E-state index in [0.717, 1.165) is 12.1 Å². The number of carboxylic acid groups (broad SMARTS) is 1. The minimum absolute atomic E-state index is 0.160. The second-order valence-electron chi connectivity index (χ2n) is 6.02. The van der Waals surface area contributed by atoms with Gasteiger partial charge in [-0.05, 0) is 30.9 Å². The van der Waals surface area contributed by atoms with E-state index in [1.54, 1.807) is 13.0 Å². The minimum Gasteiger partial charge on any atom is -0.481 e. The van der Waals surface area contributed by atoms with Gasteiger partial charge in [-0.1, -0.05) is 25.1 Å². The van der Waals surface area contributed by atoms with Crippen LogP contribution in [0.5, 0.6) is 0 Å². The molecule has 2 rings (SSSR count). The van der Waals surface area contributed by atoms with Gasteiger partial charge in [-0.3, -0.25) is 9.59 Å². The Morgan fingerprint density at radius 2 is 2.00 bits per heavy atom. The predicted molar refractivity (Wildman–Crippen MR) is 76.6 cm³/mol. The fourth-order valence-corrected chi connectivity index (χ4v) is 2.60. The summed E-state index contributed by atoms with van der Waals surface area (Å²) in [5.41, 5.74) is -0.287. The van der Waals surface area contributed by atoms with Crippen molar-refractivity contribution in [1.29, 1.82) is 0 Å². The van der Waals surface area contributed by atoms with E-state index in [4.69, 9.17) is 5.11 Å². The van der Waals surface area contributed by atoms with E-state index in [1.165, 1.54) is 6.07 Å². The van der Waals surface area contributed by atoms with Crippen molar-refractivity contribution in [2.75, 3.05) is 0 Å². The van der Waals surface area contributed by atoms with Crippen molar-refractivity contribution >= 4 is 11.9 Å². The molecule has 126 valence electrons. The monoisotopic (exact) mass is 329 g/mol. The molecule has 2 N–H and O–H groups in total. The number of carboxylic acids is 1. The van der Waals surface area contributed by atoms with Crippen LogP contribution in [0.25, 0.3) is 0 Å². The third-order valence-corrected chi connectivity index (χ3v) is 4.08. The van der Waals surface area contributed by atoms with Crippen LogP contribution in [0.1, 0.15) is 30.9 Å². The van der Waals surface area contributed by atoms with Crippen LogP contribution in [0.4, 0.5) is 13.2 Å². The van der Waals surface area contributed by atoms with Gasteiger partial charge in [0.15, 0.2) is 0 Å². The Morgan fingerprint density at radius 3 is 2.57 bits per heavy atom. The van der Waals surface area contributed by atoms with E-state index < -0.39 is 29.5 Å². The number of amides is 1.